The first kappa shape index (κ1) is 37.0. The van der Waals surface area contributed by atoms with Crippen molar-refractivity contribution >= 4 is 32.8 Å². The van der Waals surface area contributed by atoms with Crippen molar-refractivity contribution in [3.8, 4) is 62.1 Å². The van der Waals surface area contributed by atoms with Gasteiger partial charge in [0.05, 0.1) is 47.1 Å². The number of pyridine rings is 1. The van der Waals surface area contributed by atoms with E-state index in [1.54, 1.807) is 33.5 Å². The van der Waals surface area contributed by atoms with Crippen LogP contribution in [0.4, 0.5) is 0 Å². The van der Waals surface area contributed by atoms with Crippen LogP contribution in [0.3, 0.4) is 0 Å². The molecule has 0 atom stereocenters. The SMILES string of the molecule is [2H]c1c([2H])c([2H])c(-c2cccc(-c3c([2H])c([2H])c([2H])c([2H])c3[2H])c2-[n+]2[c-]n(-c3cccc(Oc4ccc5c6cc(C(C)(C)C)ccc6n(-c6cc(C([2H])([2H])C(C)(C)c7ccccc7)c(-c7ccc(C(C)(C)C)cc7)cn6)c5c4)c3)c3ccccc32)c([2H])c1[2H]. The highest BCUT2D eigenvalue weighted by Gasteiger charge is 2.26. The van der Waals surface area contributed by atoms with Crippen molar-refractivity contribution in [1.29, 1.82) is 0 Å². The third kappa shape index (κ3) is 9.41. The molecule has 378 valence electrons. The summed E-state index contributed by atoms with van der Waals surface area (Å²) in [5.41, 5.74) is 7.46. The van der Waals surface area contributed by atoms with Crippen molar-refractivity contribution in [1.82, 2.24) is 14.1 Å². The van der Waals surface area contributed by atoms with E-state index in [1.807, 2.05) is 117 Å². The van der Waals surface area contributed by atoms with Gasteiger partial charge in [0.2, 0.25) is 0 Å². The van der Waals surface area contributed by atoms with E-state index >= 15 is 0 Å². The summed E-state index contributed by atoms with van der Waals surface area (Å²) in [6.07, 6.45) is 3.34. The van der Waals surface area contributed by atoms with Crippen LogP contribution >= 0.6 is 0 Å². The van der Waals surface area contributed by atoms with Crippen LogP contribution in [0.1, 0.15) is 94.1 Å². The average Bonchev–Trinajstić information content (AvgIpc) is 1.73. The summed E-state index contributed by atoms with van der Waals surface area (Å²) >= 11 is 0. The second kappa shape index (κ2) is 19.4. The summed E-state index contributed by atoms with van der Waals surface area (Å²) in [6.45, 7) is 17.0. The number of rotatable bonds is 11. The maximum Gasteiger partial charge on any atom is 0.269 e. The zero-order chi connectivity index (χ0) is 63.6. The Balaban J connectivity index is 1.02. The van der Waals surface area contributed by atoms with Crippen LogP contribution in [0.5, 0.6) is 11.5 Å². The van der Waals surface area contributed by atoms with E-state index in [0.29, 0.717) is 45.2 Å². The highest BCUT2D eigenvalue weighted by atomic mass is 16.5. The molecular weight excluding hydrogens is 937 g/mol. The molecular formula is C72H64N4O. The Morgan fingerprint density at radius 2 is 1.16 bits per heavy atom. The number of hydrogen-bond acceptors (Lipinski definition) is 2. The van der Waals surface area contributed by atoms with E-state index < -0.39 is 72.2 Å². The predicted molar refractivity (Wildman–Crippen MR) is 319 cm³/mol. The summed E-state index contributed by atoms with van der Waals surface area (Å²) in [6, 6.07) is 46.6. The van der Waals surface area contributed by atoms with Gasteiger partial charge in [-0.2, -0.15) is 0 Å². The molecule has 0 aliphatic heterocycles. The van der Waals surface area contributed by atoms with E-state index in [9.17, 15) is 2.74 Å². The summed E-state index contributed by atoms with van der Waals surface area (Å²) in [5, 5.41) is 1.93. The van der Waals surface area contributed by atoms with Gasteiger partial charge in [0.15, 0.2) is 0 Å². The molecule has 0 fully saturated rings. The van der Waals surface area contributed by atoms with E-state index in [4.69, 9.17) is 23.4 Å². The van der Waals surface area contributed by atoms with Gasteiger partial charge < -0.3 is 4.74 Å². The lowest BCUT2D eigenvalue weighted by Gasteiger charge is -2.27. The molecule has 5 nitrogen and oxygen atoms in total. The predicted octanol–water partition coefficient (Wildman–Crippen LogP) is 18.1. The van der Waals surface area contributed by atoms with E-state index in [2.05, 4.69) is 94.9 Å². The third-order valence-corrected chi connectivity index (χ3v) is 14.4. The zero-order valence-corrected chi connectivity index (χ0v) is 44.4. The van der Waals surface area contributed by atoms with Crippen molar-refractivity contribution < 1.29 is 25.8 Å². The molecule has 0 bridgehead atoms. The van der Waals surface area contributed by atoms with Gasteiger partial charge in [0.1, 0.15) is 17.3 Å². The highest BCUT2D eigenvalue weighted by Crippen LogP contribution is 2.41. The molecule has 9 aromatic carbocycles. The van der Waals surface area contributed by atoms with E-state index in [1.165, 1.54) is 0 Å². The van der Waals surface area contributed by atoms with Gasteiger partial charge in [-0.15, -0.1) is 0 Å². The Hall–Kier alpha value is -8.80. The Labute approximate surface area is 470 Å². The summed E-state index contributed by atoms with van der Waals surface area (Å²) in [7, 11) is 0. The van der Waals surface area contributed by atoms with Crippen LogP contribution in [0, 0.1) is 6.33 Å². The fraction of sp³-hybridized carbons (Fsp3) is 0.167. The van der Waals surface area contributed by atoms with Crippen LogP contribution in [0.25, 0.3) is 83.4 Å². The molecule has 12 aromatic rings. The van der Waals surface area contributed by atoms with Gasteiger partial charge in [-0.25, -0.2) is 4.98 Å². The van der Waals surface area contributed by atoms with Gasteiger partial charge >= 0.3 is 0 Å². The first-order valence-electron chi connectivity index (χ1n) is 31.9. The van der Waals surface area contributed by atoms with Crippen molar-refractivity contribution in [3.05, 3.63) is 259 Å². The minimum absolute atomic E-state index is 0.0873. The first-order chi connectivity index (χ1) is 42.1. The molecule has 0 aliphatic rings. The normalized spacial score (nSPS) is 14.6. The van der Waals surface area contributed by atoms with Crippen LogP contribution in [0.2, 0.25) is 0 Å². The van der Waals surface area contributed by atoms with Gasteiger partial charge in [0, 0.05) is 31.3 Å². The lowest BCUT2D eigenvalue weighted by Crippen LogP contribution is -2.31. The molecule has 0 saturated carbocycles. The minimum Gasteiger partial charge on any atom is -0.458 e. The molecule has 5 heteroatoms. The molecule has 0 radical (unpaired) electrons. The van der Waals surface area contributed by atoms with Crippen LogP contribution in [-0.2, 0) is 22.6 Å². The minimum atomic E-state index is -1.93. The largest absolute Gasteiger partial charge is 0.458 e. The molecule has 3 aromatic heterocycles. The Bertz CT molecular complexity index is 4700. The van der Waals surface area contributed by atoms with Gasteiger partial charge in [0.25, 0.3) is 6.33 Å². The summed E-state index contributed by atoms with van der Waals surface area (Å²) in [4.78, 5) is 5.22. The Kier molecular flexibility index (Phi) is 9.33. The number of hydrogen-bond donors (Lipinski definition) is 0. The quantitative estimate of drug-likeness (QED) is 0.0956. The molecule has 0 saturated heterocycles. The third-order valence-electron chi connectivity index (χ3n) is 14.4. The summed E-state index contributed by atoms with van der Waals surface area (Å²) < 4.78 is 121. The number of benzene rings is 9. The van der Waals surface area contributed by atoms with Crippen LogP contribution < -0.4 is 9.30 Å². The molecule has 0 aliphatic carbocycles. The standard InChI is InChI=1S/C72H64N4O/c1-70(2,3)53-36-34-51(35-37-53)63-47-73-68(42-52(63)46-72(7,8)54-26-16-11-17-27-54)76-64-41-38-55(71(4,5)6)43-62(64)61-40-39-58(45-67(61)76)77-57-29-20-28-56(44-57)74-48-75(66-33-19-18-32-65(66)74)69-59(49-22-12-9-13-23-49)30-21-31-60(69)50-24-14-10-15-25-50/h9-45,47H,46H2,1-8H3/i9D,10D,12D,13D,14D,15D,22D,23D,24D,25D,46D2. The Morgan fingerprint density at radius 1 is 0.519 bits per heavy atom. The monoisotopic (exact) mass is 1010 g/mol. The fourth-order valence-electron chi connectivity index (χ4n) is 10.3. The maximum absolute atomic E-state index is 10.2. The van der Waals surface area contributed by atoms with Gasteiger partial charge in [-0.3, -0.25) is 13.7 Å². The zero-order valence-electron chi connectivity index (χ0n) is 56.4. The topological polar surface area (TPSA) is 35.9 Å². The molecule has 0 unspecified atom stereocenters. The van der Waals surface area contributed by atoms with Crippen molar-refractivity contribution in [3.63, 3.8) is 0 Å². The number of imidazole rings is 1. The number of aromatic nitrogens is 4. The molecule has 77 heavy (non-hydrogen) atoms. The molecule has 0 N–H and O–H groups in total. The summed E-state index contributed by atoms with van der Waals surface area (Å²) in [5.74, 6) is 1.48. The highest BCUT2D eigenvalue weighted by molar-refractivity contribution is 6.10. The lowest BCUT2D eigenvalue weighted by atomic mass is 9.78. The smallest absolute Gasteiger partial charge is 0.269 e. The number of fused-ring (bicyclic) bond motifs is 4. The van der Waals surface area contributed by atoms with E-state index in [0.717, 1.165) is 44.1 Å². The van der Waals surface area contributed by atoms with Gasteiger partial charge in [-0.05, 0) is 121 Å². The number of ether oxygens (including phenoxy) is 1. The fourth-order valence-corrected chi connectivity index (χ4v) is 10.3. The first-order valence-corrected chi connectivity index (χ1v) is 25.9. The van der Waals surface area contributed by atoms with Crippen molar-refractivity contribution in [2.45, 2.75) is 78.0 Å². The lowest BCUT2D eigenvalue weighted by molar-refractivity contribution is -0.571. The Morgan fingerprint density at radius 3 is 1.84 bits per heavy atom. The molecule has 0 amide bonds. The van der Waals surface area contributed by atoms with Crippen molar-refractivity contribution in [2.75, 3.05) is 0 Å². The number of para-hydroxylation sites is 3. The maximum atomic E-state index is 10.2. The molecule has 0 spiro atoms. The van der Waals surface area contributed by atoms with Crippen molar-refractivity contribution in [2.24, 2.45) is 0 Å². The molecule has 12 rings (SSSR count). The second-order valence-electron chi connectivity index (χ2n) is 22.1. The molecule has 3 heterocycles. The van der Waals surface area contributed by atoms with E-state index in [-0.39, 0.29) is 38.8 Å². The second-order valence-corrected chi connectivity index (χ2v) is 22.1. The van der Waals surface area contributed by atoms with Crippen LogP contribution in [-0.4, -0.2) is 14.1 Å². The number of nitrogens with zero attached hydrogens (tertiary/aromatic N) is 4. The van der Waals surface area contributed by atoms with Crippen LogP contribution in [0.15, 0.2) is 230 Å². The van der Waals surface area contributed by atoms with Gasteiger partial charge in [-0.1, -0.05) is 225 Å². The average molecular weight is 1010 g/mol.